The van der Waals surface area contributed by atoms with Crippen molar-refractivity contribution >= 4 is 32.7 Å². The molecule has 0 aliphatic rings. The van der Waals surface area contributed by atoms with Crippen LogP contribution in [-0.4, -0.2) is 11.1 Å². The minimum atomic E-state index is -0.897. The van der Waals surface area contributed by atoms with Crippen molar-refractivity contribution in [2.75, 3.05) is 0 Å². The Morgan fingerprint density at radius 2 is 1.80 bits per heavy atom. The molecule has 3 nitrogen and oxygen atoms in total. The van der Waals surface area contributed by atoms with Gasteiger partial charge in [0.2, 0.25) is 0 Å². The summed E-state index contributed by atoms with van der Waals surface area (Å²) in [5.41, 5.74) is 0.959. The maximum Gasteiger partial charge on any atom is 0.311 e. The van der Waals surface area contributed by atoms with Gasteiger partial charge in [0.25, 0.3) is 0 Å². The average molecular weight is 331 g/mol. The van der Waals surface area contributed by atoms with Gasteiger partial charge in [-0.05, 0) is 35.0 Å². The highest BCUT2D eigenvalue weighted by Gasteiger charge is 2.11. The highest BCUT2D eigenvalue weighted by molar-refractivity contribution is 9.10. The number of hydrogen-bond donors (Lipinski definition) is 1. The molecule has 1 heterocycles. The first-order valence-electron chi connectivity index (χ1n) is 6.13. The predicted molar refractivity (Wildman–Crippen MR) is 80.7 cm³/mol. The first kappa shape index (κ1) is 12.9. The van der Waals surface area contributed by atoms with Gasteiger partial charge in [-0.1, -0.05) is 40.2 Å². The van der Waals surface area contributed by atoms with E-state index in [9.17, 15) is 4.79 Å². The molecule has 0 aliphatic heterocycles. The second kappa shape index (κ2) is 5.13. The van der Waals surface area contributed by atoms with Gasteiger partial charge in [-0.25, -0.2) is 0 Å². The summed E-state index contributed by atoms with van der Waals surface area (Å²) in [5, 5.41) is 11.0. The smallest absolute Gasteiger partial charge is 0.311 e. The largest absolute Gasteiger partial charge is 0.481 e. The van der Waals surface area contributed by atoms with Crippen LogP contribution in [0.1, 0.15) is 5.76 Å². The first-order valence-corrected chi connectivity index (χ1v) is 6.92. The number of benzene rings is 2. The lowest BCUT2D eigenvalue weighted by atomic mass is 10.0. The Labute approximate surface area is 124 Å². The summed E-state index contributed by atoms with van der Waals surface area (Å²) in [4.78, 5) is 10.7. The molecular weight excluding hydrogens is 320 g/mol. The number of carbonyl (C=O) groups is 1. The Hall–Kier alpha value is -2.07. The summed E-state index contributed by atoms with van der Waals surface area (Å²) >= 11 is 3.53. The van der Waals surface area contributed by atoms with E-state index in [-0.39, 0.29) is 6.42 Å². The Morgan fingerprint density at radius 1 is 1.05 bits per heavy atom. The van der Waals surface area contributed by atoms with Gasteiger partial charge < -0.3 is 9.52 Å². The molecule has 0 atom stereocenters. The third kappa shape index (κ3) is 2.34. The van der Waals surface area contributed by atoms with Gasteiger partial charge in [-0.2, -0.15) is 0 Å². The van der Waals surface area contributed by atoms with Gasteiger partial charge in [0.15, 0.2) is 0 Å². The molecule has 2 aromatic carbocycles. The number of fused-ring (bicyclic) bond motifs is 1. The molecule has 100 valence electrons. The second-order valence-electron chi connectivity index (χ2n) is 4.48. The predicted octanol–water partition coefficient (Wildman–Crippen LogP) is 4.49. The molecule has 0 amide bonds. The molecule has 0 unspecified atom stereocenters. The third-order valence-corrected chi connectivity index (χ3v) is 3.81. The number of carboxylic acid groups (broad SMARTS) is 1. The standard InChI is InChI=1S/C16H11BrO3/c17-14-7-6-13(11-3-1-2-4-12(11)14)15-8-5-10(20-15)9-16(18)19/h1-8H,9H2,(H,18,19). The molecule has 3 rings (SSSR count). The van der Waals surface area contributed by atoms with Crippen molar-refractivity contribution in [3.8, 4) is 11.3 Å². The number of carboxylic acids is 1. The van der Waals surface area contributed by atoms with Crippen LogP contribution in [0, 0.1) is 0 Å². The average Bonchev–Trinajstić information content (AvgIpc) is 2.87. The minimum Gasteiger partial charge on any atom is -0.481 e. The van der Waals surface area contributed by atoms with Gasteiger partial charge in [0.1, 0.15) is 17.9 Å². The van der Waals surface area contributed by atoms with E-state index >= 15 is 0 Å². The van der Waals surface area contributed by atoms with Crippen LogP contribution in [0.3, 0.4) is 0 Å². The third-order valence-electron chi connectivity index (χ3n) is 3.12. The quantitative estimate of drug-likeness (QED) is 0.769. The Morgan fingerprint density at radius 3 is 2.55 bits per heavy atom. The fourth-order valence-corrected chi connectivity index (χ4v) is 2.72. The van der Waals surface area contributed by atoms with Gasteiger partial charge in [-0.3, -0.25) is 4.79 Å². The summed E-state index contributed by atoms with van der Waals surface area (Å²) < 4.78 is 6.65. The summed E-state index contributed by atoms with van der Waals surface area (Å²) in [5.74, 6) is 0.246. The van der Waals surface area contributed by atoms with E-state index < -0.39 is 5.97 Å². The van der Waals surface area contributed by atoms with Crippen LogP contribution in [0.5, 0.6) is 0 Å². The fourth-order valence-electron chi connectivity index (χ4n) is 2.24. The van der Waals surface area contributed by atoms with Crippen LogP contribution < -0.4 is 0 Å². The van der Waals surface area contributed by atoms with Crippen LogP contribution in [0.4, 0.5) is 0 Å². The lowest BCUT2D eigenvalue weighted by Gasteiger charge is -2.06. The van der Waals surface area contributed by atoms with Crippen LogP contribution in [0.25, 0.3) is 22.1 Å². The van der Waals surface area contributed by atoms with Crippen molar-refractivity contribution in [2.45, 2.75) is 6.42 Å². The Bertz CT molecular complexity index is 789. The molecule has 3 aromatic rings. The van der Waals surface area contributed by atoms with Crippen molar-refractivity contribution in [2.24, 2.45) is 0 Å². The zero-order chi connectivity index (χ0) is 14.1. The highest BCUT2D eigenvalue weighted by Crippen LogP contribution is 2.34. The summed E-state index contributed by atoms with van der Waals surface area (Å²) in [6.45, 7) is 0. The molecule has 0 saturated heterocycles. The zero-order valence-electron chi connectivity index (χ0n) is 10.5. The molecule has 0 fully saturated rings. The monoisotopic (exact) mass is 330 g/mol. The van der Waals surface area contributed by atoms with Crippen LogP contribution in [0.2, 0.25) is 0 Å². The van der Waals surface area contributed by atoms with E-state index in [0.29, 0.717) is 11.5 Å². The van der Waals surface area contributed by atoms with Gasteiger partial charge in [0, 0.05) is 10.0 Å². The maximum absolute atomic E-state index is 10.7. The van der Waals surface area contributed by atoms with Crippen LogP contribution in [0.15, 0.2) is 57.4 Å². The molecule has 1 N–H and O–H groups in total. The summed E-state index contributed by atoms with van der Waals surface area (Å²) in [7, 11) is 0. The number of halogens is 1. The molecule has 4 heteroatoms. The lowest BCUT2D eigenvalue weighted by Crippen LogP contribution is -1.97. The van der Waals surface area contributed by atoms with Gasteiger partial charge >= 0.3 is 5.97 Å². The lowest BCUT2D eigenvalue weighted by molar-refractivity contribution is -0.136. The summed E-state index contributed by atoms with van der Waals surface area (Å²) in [6.07, 6.45) is -0.103. The summed E-state index contributed by atoms with van der Waals surface area (Å²) in [6, 6.07) is 15.5. The number of hydrogen-bond acceptors (Lipinski definition) is 2. The van der Waals surface area contributed by atoms with E-state index in [1.54, 1.807) is 6.07 Å². The SMILES string of the molecule is O=C(O)Cc1ccc(-c2ccc(Br)c3ccccc23)o1. The van der Waals surface area contributed by atoms with Crippen molar-refractivity contribution in [3.05, 3.63) is 58.8 Å². The van der Waals surface area contributed by atoms with Crippen molar-refractivity contribution in [1.29, 1.82) is 0 Å². The number of aliphatic carboxylic acids is 1. The van der Waals surface area contributed by atoms with Crippen LogP contribution >= 0.6 is 15.9 Å². The van der Waals surface area contributed by atoms with E-state index in [4.69, 9.17) is 9.52 Å². The Balaban J connectivity index is 2.13. The molecule has 0 radical (unpaired) electrons. The van der Waals surface area contributed by atoms with E-state index in [1.165, 1.54) is 0 Å². The second-order valence-corrected chi connectivity index (χ2v) is 5.33. The fraction of sp³-hybridized carbons (Fsp3) is 0.0625. The van der Waals surface area contributed by atoms with Crippen molar-refractivity contribution in [1.82, 2.24) is 0 Å². The molecular formula is C16H11BrO3. The molecule has 1 aromatic heterocycles. The van der Waals surface area contributed by atoms with E-state index in [2.05, 4.69) is 15.9 Å². The number of furan rings is 1. The maximum atomic E-state index is 10.7. The van der Waals surface area contributed by atoms with Gasteiger partial charge in [-0.15, -0.1) is 0 Å². The zero-order valence-corrected chi connectivity index (χ0v) is 12.1. The highest BCUT2D eigenvalue weighted by atomic mass is 79.9. The van der Waals surface area contributed by atoms with Gasteiger partial charge in [0.05, 0.1) is 0 Å². The van der Waals surface area contributed by atoms with Crippen molar-refractivity contribution in [3.63, 3.8) is 0 Å². The van der Waals surface area contributed by atoms with E-state index in [0.717, 1.165) is 20.8 Å². The van der Waals surface area contributed by atoms with Crippen molar-refractivity contribution < 1.29 is 14.3 Å². The molecule has 0 spiro atoms. The molecule has 0 bridgehead atoms. The first-order chi connectivity index (χ1) is 9.65. The molecule has 0 saturated carbocycles. The minimum absolute atomic E-state index is 0.103. The molecule has 20 heavy (non-hydrogen) atoms. The van der Waals surface area contributed by atoms with E-state index in [1.807, 2.05) is 42.5 Å². The molecule has 0 aliphatic carbocycles. The number of rotatable bonds is 3. The van der Waals surface area contributed by atoms with Crippen LogP contribution in [-0.2, 0) is 11.2 Å². The Kier molecular flexibility index (Phi) is 3.32. The topological polar surface area (TPSA) is 50.4 Å². The normalized spacial score (nSPS) is 10.8.